The number of nitrogens with zero attached hydrogens (tertiary/aromatic N) is 1. The van der Waals surface area contributed by atoms with E-state index in [1.165, 1.54) is 45.4 Å². The van der Waals surface area contributed by atoms with Gasteiger partial charge in [0.2, 0.25) is 0 Å². The fourth-order valence-electron chi connectivity index (χ4n) is 1.56. The van der Waals surface area contributed by atoms with Gasteiger partial charge in [-0.25, -0.2) is 0 Å². The Bertz CT molecular complexity index is 160. The zero-order valence-corrected chi connectivity index (χ0v) is 10.4. The summed E-state index contributed by atoms with van der Waals surface area (Å²) in [6.07, 6.45) is 8.99. The molecular weight excluding hydrogens is 190 g/mol. The van der Waals surface area contributed by atoms with E-state index in [1.807, 2.05) is 0 Å². The van der Waals surface area contributed by atoms with Crippen LogP contribution in [-0.2, 0) is 9.63 Å². The summed E-state index contributed by atoms with van der Waals surface area (Å²) in [7, 11) is 1.80. The molecule has 90 valence electrons. The van der Waals surface area contributed by atoms with Crippen LogP contribution in [0.25, 0.3) is 0 Å². The molecule has 0 amide bonds. The van der Waals surface area contributed by atoms with Gasteiger partial charge < -0.3 is 4.84 Å². The lowest BCUT2D eigenvalue weighted by atomic mass is 10.1. The second-order valence-corrected chi connectivity index (χ2v) is 4.06. The van der Waals surface area contributed by atoms with Gasteiger partial charge >= 0.3 is 5.97 Å². The third-order valence-electron chi connectivity index (χ3n) is 2.36. The van der Waals surface area contributed by atoms with E-state index in [1.54, 1.807) is 12.1 Å². The highest BCUT2D eigenvalue weighted by molar-refractivity contribution is 5.65. The number of rotatable bonds is 9. The van der Waals surface area contributed by atoms with Crippen molar-refractivity contribution >= 4 is 5.97 Å². The minimum atomic E-state index is -0.236. The van der Waals surface area contributed by atoms with Crippen molar-refractivity contribution in [3.63, 3.8) is 0 Å². The molecule has 0 saturated carbocycles. The lowest BCUT2D eigenvalue weighted by Gasteiger charge is -2.14. The van der Waals surface area contributed by atoms with E-state index in [4.69, 9.17) is 4.84 Å². The minimum Gasteiger partial charge on any atom is -0.369 e. The van der Waals surface area contributed by atoms with Gasteiger partial charge in [0, 0.05) is 20.5 Å². The average Bonchev–Trinajstić information content (AvgIpc) is 2.15. The summed E-state index contributed by atoms with van der Waals surface area (Å²) in [5.41, 5.74) is 0. The Morgan fingerprint density at radius 2 is 1.60 bits per heavy atom. The van der Waals surface area contributed by atoms with Gasteiger partial charge in [-0.15, -0.1) is 5.06 Å². The second-order valence-electron chi connectivity index (χ2n) is 4.06. The molecule has 0 rings (SSSR count). The Kier molecular flexibility index (Phi) is 9.59. The predicted molar refractivity (Wildman–Crippen MR) is 62.4 cm³/mol. The quantitative estimate of drug-likeness (QED) is 0.437. The molecule has 0 aliphatic rings. The van der Waals surface area contributed by atoms with Gasteiger partial charge in [0.1, 0.15) is 0 Å². The molecule has 0 aliphatic heterocycles. The summed E-state index contributed by atoms with van der Waals surface area (Å²) >= 11 is 0. The van der Waals surface area contributed by atoms with Crippen LogP contribution in [0.4, 0.5) is 0 Å². The Morgan fingerprint density at radius 3 is 2.13 bits per heavy atom. The van der Waals surface area contributed by atoms with E-state index in [9.17, 15) is 4.79 Å². The normalized spacial score (nSPS) is 10.7. The molecule has 0 unspecified atom stereocenters. The topological polar surface area (TPSA) is 29.5 Å². The number of carbonyl (C=O) groups is 1. The predicted octanol–water partition coefficient (Wildman–Crippen LogP) is 3.15. The molecule has 15 heavy (non-hydrogen) atoms. The zero-order valence-electron chi connectivity index (χ0n) is 10.4. The highest BCUT2D eigenvalue weighted by atomic mass is 16.7. The van der Waals surface area contributed by atoms with Crippen LogP contribution < -0.4 is 0 Å². The van der Waals surface area contributed by atoms with Crippen LogP contribution >= 0.6 is 0 Å². The standard InChI is InChI=1S/C12H25NO2/c1-4-5-6-7-8-9-10-11-13(3)15-12(2)14/h4-11H2,1-3H3. The van der Waals surface area contributed by atoms with Crippen LogP contribution in [0.3, 0.4) is 0 Å². The van der Waals surface area contributed by atoms with E-state index in [0.717, 1.165) is 13.0 Å². The third kappa shape index (κ3) is 11.4. The van der Waals surface area contributed by atoms with Crippen LogP contribution in [0, 0.1) is 0 Å². The first-order valence-corrected chi connectivity index (χ1v) is 6.06. The molecule has 0 N–H and O–H groups in total. The molecule has 0 aromatic rings. The van der Waals surface area contributed by atoms with Crippen molar-refractivity contribution in [2.45, 2.75) is 58.8 Å². The van der Waals surface area contributed by atoms with Crippen LogP contribution in [0.1, 0.15) is 58.8 Å². The lowest BCUT2D eigenvalue weighted by Crippen LogP contribution is -2.22. The first-order chi connectivity index (χ1) is 7.16. The maximum atomic E-state index is 10.6. The van der Waals surface area contributed by atoms with Gasteiger partial charge in [-0.1, -0.05) is 45.4 Å². The van der Waals surface area contributed by atoms with Crippen LogP contribution in [0.5, 0.6) is 0 Å². The Morgan fingerprint density at radius 1 is 1.07 bits per heavy atom. The average molecular weight is 215 g/mol. The molecule has 0 aromatic heterocycles. The van der Waals surface area contributed by atoms with E-state index in [-0.39, 0.29) is 5.97 Å². The molecule has 0 aromatic carbocycles. The van der Waals surface area contributed by atoms with E-state index in [2.05, 4.69) is 6.92 Å². The van der Waals surface area contributed by atoms with Gasteiger partial charge in [-0.3, -0.25) is 4.79 Å². The first kappa shape index (κ1) is 14.4. The molecule has 0 saturated heterocycles. The smallest absolute Gasteiger partial charge is 0.322 e. The molecule has 0 fully saturated rings. The van der Waals surface area contributed by atoms with Crippen molar-refractivity contribution in [3.8, 4) is 0 Å². The van der Waals surface area contributed by atoms with Gasteiger partial charge in [-0.2, -0.15) is 0 Å². The highest BCUT2D eigenvalue weighted by Gasteiger charge is 2.00. The van der Waals surface area contributed by atoms with Crippen molar-refractivity contribution in [3.05, 3.63) is 0 Å². The van der Waals surface area contributed by atoms with Crippen molar-refractivity contribution in [1.29, 1.82) is 0 Å². The van der Waals surface area contributed by atoms with Crippen molar-refractivity contribution in [2.24, 2.45) is 0 Å². The minimum absolute atomic E-state index is 0.236. The summed E-state index contributed by atoms with van der Waals surface area (Å²) in [4.78, 5) is 15.5. The second kappa shape index (κ2) is 9.97. The molecule has 0 bridgehead atoms. The fraction of sp³-hybridized carbons (Fsp3) is 0.917. The molecular formula is C12H25NO2. The molecule has 0 heterocycles. The number of carbonyl (C=O) groups excluding carboxylic acids is 1. The van der Waals surface area contributed by atoms with E-state index >= 15 is 0 Å². The number of hydrogen-bond donors (Lipinski definition) is 0. The van der Waals surface area contributed by atoms with Gasteiger partial charge in [0.25, 0.3) is 0 Å². The van der Waals surface area contributed by atoms with Crippen LogP contribution in [0.2, 0.25) is 0 Å². The van der Waals surface area contributed by atoms with Crippen molar-refractivity contribution < 1.29 is 9.63 Å². The SMILES string of the molecule is CCCCCCCCCN(C)OC(C)=O. The Hall–Kier alpha value is -0.570. The van der Waals surface area contributed by atoms with Gasteiger partial charge in [0.15, 0.2) is 0 Å². The molecule has 0 atom stereocenters. The maximum Gasteiger partial charge on any atom is 0.322 e. The molecule has 3 heteroatoms. The Labute approximate surface area is 93.7 Å². The first-order valence-electron chi connectivity index (χ1n) is 6.06. The van der Waals surface area contributed by atoms with Crippen molar-refractivity contribution in [2.75, 3.05) is 13.6 Å². The molecule has 0 spiro atoms. The summed E-state index contributed by atoms with van der Waals surface area (Å²) in [6.45, 7) is 4.50. The number of hydrogen-bond acceptors (Lipinski definition) is 3. The lowest BCUT2D eigenvalue weighted by molar-refractivity contribution is -0.181. The fourth-order valence-corrected chi connectivity index (χ4v) is 1.56. The molecule has 0 radical (unpaired) electrons. The molecule has 3 nitrogen and oxygen atoms in total. The van der Waals surface area contributed by atoms with E-state index in [0.29, 0.717) is 0 Å². The summed E-state index contributed by atoms with van der Waals surface area (Å²) in [5.74, 6) is -0.236. The summed E-state index contributed by atoms with van der Waals surface area (Å²) in [5, 5.41) is 1.62. The van der Waals surface area contributed by atoms with E-state index < -0.39 is 0 Å². The highest BCUT2D eigenvalue weighted by Crippen LogP contribution is 2.07. The summed E-state index contributed by atoms with van der Waals surface area (Å²) < 4.78 is 0. The third-order valence-corrected chi connectivity index (χ3v) is 2.36. The number of hydroxylamine groups is 2. The van der Waals surface area contributed by atoms with Crippen LogP contribution in [-0.4, -0.2) is 24.6 Å². The zero-order chi connectivity index (χ0) is 11.5. The van der Waals surface area contributed by atoms with Gasteiger partial charge in [0.05, 0.1) is 0 Å². The van der Waals surface area contributed by atoms with Gasteiger partial charge in [-0.05, 0) is 6.42 Å². The molecule has 0 aliphatic carbocycles. The summed E-state index contributed by atoms with van der Waals surface area (Å²) in [6, 6.07) is 0. The monoisotopic (exact) mass is 215 g/mol. The van der Waals surface area contributed by atoms with Crippen LogP contribution in [0.15, 0.2) is 0 Å². The largest absolute Gasteiger partial charge is 0.369 e. The Balaban J connectivity index is 3.13. The maximum absolute atomic E-state index is 10.6. The van der Waals surface area contributed by atoms with Crippen molar-refractivity contribution in [1.82, 2.24) is 5.06 Å². The number of unbranched alkanes of at least 4 members (excludes halogenated alkanes) is 6.